The van der Waals surface area contributed by atoms with Crippen LogP contribution < -0.4 is 0 Å². The first-order valence-corrected chi connectivity index (χ1v) is 9.12. The smallest absolute Gasteiger partial charge is 0.265 e. The summed E-state index contributed by atoms with van der Waals surface area (Å²) in [6, 6.07) is 0. The topological polar surface area (TPSA) is 45.7 Å². The van der Waals surface area contributed by atoms with Gasteiger partial charge < -0.3 is 9.64 Å². The first-order valence-electron chi connectivity index (χ1n) is 8.24. The molecule has 0 atom stereocenters. The first kappa shape index (κ1) is 15.9. The van der Waals surface area contributed by atoms with Crippen LogP contribution in [0.4, 0.5) is 0 Å². The predicted molar refractivity (Wildman–Crippen MR) is 87.5 cm³/mol. The number of amides is 1. The van der Waals surface area contributed by atoms with E-state index in [1.54, 1.807) is 0 Å². The van der Waals surface area contributed by atoms with Gasteiger partial charge in [-0.25, -0.2) is 4.98 Å². The summed E-state index contributed by atoms with van der Waals surface area (Å²) in [6.45, 7) is 5.23. The maximum atomic E-state index is 12.7. The highest BCUT2D eigenvalue weighted by atomic mass is 32.1. The van der Waals surface area contributed by atoms with Gasteiger partial charge in [0.05, 0.1) is 24.4 Å². The summed E-state index contributed by atoms with van der Waals surface area (Å²) < 4.78 is 5.36. The summed E-state index contributed by atoms with van der Waals surface area (Å²) in [5.41, 5.74) is 2.88. The molecule has 6 heteroatoms. The Hall–Kier alpha value is -0.980. The number of morpholine rings is 1. The van der Waals surface area contributed by atoms with E-state index in [9.17, 15) is 4.79 Å². The lowest BCUT2D eigenvalue weighted by Gasteiger charge is -2.28. The fourth-order valence-electron chi connectivity index (χ4n) is 3.30. The Morgan fingerprint density at radius 1 is 1.41 bits per heavy atom. The van der Waals surface area contributed by atoms with Gasteiger partial charge in [-0.2, -0.15) is 0 Å². The lowest BCUT2D eigenvalue weighted by molar-refractivity contribution is 0.0338. The largest absolute Gasteiger partial charge is 0.379 e. The van der Waals surface area contributed by atoms with Crippen LogP contribution in [0.2, 0.25) is 0 Å². The van der Waals surface area contributed by atoms with Crippen molar-refractivity contribution in [3.05, 3.63) is 16.1 Å². The minimum atomic E-state index is 0.137. The van der Waals surface area contributed by atoms with E-state index in [0.717, 1.165) is 50.0 Å². The molecule has 1 aromatic rings. The van der Waals surface area contributed by atoms with Crippen molar-refractivity contribution in [2.45, 2.75) is 31.6 Å². The quantitative estimate of drug-likeness (QED) is 0.833. The second-order valence-corrected chi connectivity index (χ2v) is 7.08. The number of hydrogen-bond acceptors (Lipinski definition) is 5. The monoisotopic (exact) mass is 323 g/mol. The second kappa shape index (κ2) is 7.53. The molecular weight excluding hydrogens is 298 g/mol. The first-order chi connectivity index (χ1) is 10.8. The molecule has 0 spiro atoms. The molecular formula is C16H25N3O2S. The zero-order chi connectivity index (χ0) is 15.4. The van der Waals surface area contributed by atoms with Gasteiger partial charge >= 0.3 is 0 Å². The number of rotatable bonds is 5. The highest BCUT2D eigenvalue weighted by Crippen LogP contribution is 2.36. The maximum Gasteiger partial charge on any atom is 0.265 e. The lowest BCUT2D eigenvalue weighted by atomic mass is 10.0. The fraction of sp³-hybridized carbons (Fsp3) is 0.750. The Balaban J connectivity index is 1.57. The number of nitrogens with zero attached hydrogens (tertiary/aromatic N) is 3. The van der Waals surface area contributed by atoms with Crippen molar-refractivity contribution in [2.75, 3.05) is 46.4 Å². The zero-order valence-corrected chi connectivity index (χ0v) is 14.1. The van der Waals surface area contributed by atoms with Gasteiger partial charge in [0.1, 0.15) is 4.88 Å². The van der Waals surface area contributed by atoms with Gasteiger partial charge in [-0.15, -0.1) is 11.3 Å². The van der Waals surface area contributed by atoms with Crippen LogP contribution in [0.3, 0.4) is 0 Å². The third kappa shape index (κ3) is 3.67. The van der Waals surface area contributed by atoms with Gasteiger partial charge in [-0.05, 0) is 12.8 Å². The van der Waals surface area contributed by atoms with Crippen LogP contribution in [0.5, 0.6) is 0 Å². The zero-order valence-electron chi connectivity index (χ0n) is 13.3. The van der Waals surface area contributed by atoms with Crippen molar-refractivity contribution in [1.29, 1.82) is 0 Å². The van der Waals surface area contributed by atoms with Crippen LogP contribution in [0.1, 0.15) is 47.0 Å². The molecule has 2 fully saturated rings. The van der Waals surface area contributed by atoms with Crippen molar-refractivity contribution >= 4 is 17.2 Å². The highest BCUT2D eigenvalue weighted by Gasteiger charge is 2.26. The van der Waals surface area contributed by atoms with E-state index in [0.29, 0.717) is 5.92 Å². The third-order valence-corrected chi connectivity index (χ3v) is 5.56. The fourth-order valence-corrected chi connectivity index (χ4v) is 4.16. The maximum absolute atomic E-state index is 12.7. The number of ether oxygens (including phenoxy) is 1. The van der Waals surface area contributed by atoms with Crippen LogP contribution in [0.15, 0.2) is 5.51 Å². The minimum absolute atomic E-state index is 0.137. The third-order valence-electron chi connectivity index (χ3n) is 4.73. The number of carbonyl (C=O) groups is 1. The highest BCUT2D eigenvalue weighted by molar-refractivity contribution is 7.11. The van der Waals surface area contributed by atoms with Gasteiger partial charge in [0.2, 0.25) is 0 Å². The van der Waals surface area contributed by atoms with Crippen molar-refractivity contribution in [3.8, 4) is 0 Å². The molecule has 0 radical (unpaired) electrons. The molecule has 0 bridgehead atoms. The molecule has 1 saturated carbocycles. The standard InChI is InChI=1S/C16H25N3O2S/c1-18(6-7-19-8-10-21-11-9-19)16(20)15-14(17-12-22-15)13-4-2-3-5-13/h12-13H,2-11H2,1H3. The van der Waals surface area contributed by atoms with E-state index in [-0.39, 0.29) is 5.91 Å². The molecule has 3 rings (SSSR count). The average molecular weight is 323 g/mol. The van der Waals surface area contributed by atoms with Gasteiger partial charge in [-0.1, -0.05) is 12.8 Å². The van der Waals surface area contributed by atoms with Crippen molar-refractivity contribution in [3.63, 3.8) is 0 Å². The molecule has 2 aliphatic rings. The van der Waals surface area contributed by atoms with Gasteiger partial charge in [0.15, 0.2) is 0 Å². The molecule has 5 nitrogen and oxygen atoms in total. The van der Waals surface area contributed by atoms with Crippen LogP contribution in [-0.4, -0.2) is 67.1 Å². The summed E-state index contributed by atoms with van der Waals surface area (Å²) in [5.74, 6) is 0.635. The lowest BCUT2D eigenvalue weighted by Crippen LogP contribution is -2.42. The molecule has 1 saturated heterocycles. The Kier molecular flexibility index (Phi) is 5.44. The van der Waals surface area contributed by atoms with Crippen molar-refractivity contribution in [2.24, 2.45) is 0 Å². The van der Waals surface area contributed by atoms with E-state index in [4.69, 9.17) is 4.74 Å². The summed E-state index contributed by atoms with van der Waals surface area (Å²) in [7, 11) is 1.90. The SMILES string of the molecule is CN(CCN1CCOCC1)C(=O)c1scnc1C1CCCC1. The van der Waals surface area contributed by atoms with Crippen LogP contribution in [0.25, 0.3) is 0 Å². The number of carbonyl (C=O) groups excluding carboxylic acids is 1. The molecule has 22 heavy (non-hydrogen) atoms. The predicted octanol–water partition coefficient (Wildman–Crippen LogP) is 2.20. The van der Waals surface area contributed by atoms with Crippen molar-refractivity contribution < 1.29 is 9.53 Å². The average Bonchev–Trinajstić information content (AvgIpc) is 3.23. The van der Waals surface area contributed by atoms with Crippen LogP contribution >= 0.6 is 11.3 Å². The molecule has 122 valence electrons. The van der Waals surface area contributed by atoms with E-state index < -0.39 is 0 Å². The number of likely N-dealkylation sites (N-methyl/N-ethyl adjacent to an activating group) is 1. The van der Waals surface area contributed by atoms with E-state index in [1.165, 1.54) is 37.0 Å². The Morgan fingerprint density at radius 2 is 2.14 bits per heavy atom. The molecule has 0 N–H and O–H groups in total. The van der Waals surface area contributed by atoms with Crippen LogP contribution in [0, 0.1) is 0 Å². The van der Waals surface area contributed by atoms with E-state index >= 15 is 0 Å². The summed E-state index contributed by atoms with van der Waals surface area (Å²) in [4.78, 5) is 22.3. The van der Waals surface area contributed by atoms with Crippen molar-refractivity contribution in [1.82, 2.24) is 14.8 Å². The molecule has 0 unspecified atom stereocenters. The normalized spacial score (nSPS) is 20.4. The number of hydrogen-bond donors (Lipinski definition) is 0. The Labute approximate surface area is 136 Å². The number of thiazole rings is 1. The van der Waals surface area contributed by atoms with Crippen LogP contribution in [-0.2, 0) is 4.74 Å². The second-order valence-electron chi connectivity index (χ2n) is 6.23. The van der Waals surface area contributed by atoms with Gasteiger partial charge in [0, 0.05) is 39.1 Å². The molecule has 1 aliphatic carbocycles. The molecule has 1 amide bonds. The molecule has 1 aliphatic heterocycles. The number of aromatic nitrogens is 1. The van der Waals surface area contributed by atoms with E-state index in [2.05, 4.69) is 9.88 Å². The summed E-state index contributed by atoms with van der Waals surface area (Å²) >= 11 is 1.50. The van der Waals surface area contributed by atoms with Gasteiger partial charge in [0.25, 0.3) is 5.91 Å². The Bertz CT molecular complexity index is 493. The van der Waals surface area contributed by atoms with Gasteiger partial charge in [-0.3, -0.25) is 9.69 Å². The summed E-state index contributed by atoms with van der Waals surface area (Å²) in [5, 5.41) is 0. The minimum Gasteiger partial charge on any atom is -0.379 e. The Morgan fingerprint density at radius 3 is 2.86 bits per heavy atom. The molecule has 0 aromatic carbocycles. The molecule has 1 aromatic heterocycles. The summed E-state index contributed by atoms with van der Waals surface area (Å²) in [6.07, 6.45) is 4.90. The molecule has 2 heterocycles. The van der Waals surface area contributed by atoms with E-state index in [1.807, 2.05) is 17.5 Å².